The molecule has 0 radical (unpaired) electrons. The van der Waals surface area contributed by atoms with E-state index in [0.717, 1.165) is 36.2 Å². The summed E-state index contributed by atoms with van der Waals surface area (Å²) >= 11 is 0. The minimum atomic E-state index is -0.361. The summed E-state index contributed by atoms with van der Waals surface area (Å²) in [7, 11) is 0. The molecule has 28 heavy (non-hydrogen) atoms. The molecule has 2 aromatic carbocycles. The van der Waals surface area contributed by atoms with Gasteiger partial charge in [0.2, 0.25) is 11.8 Å². The quantitative estimate of drug-likeness (QED) is 0.770. The van der Waals surface area contributed by atoms with Crippen LogP contribution in [0.15, 0.2) is 54.6 Å². The molecule has 0 aromatic heterocycles. The fraction of sp³-hybridized carbons (Fsp3) is 0.364. The summed E-state index contributed by atoms with van der Waals surface area (Å²) in [5.74, 6) is -0.268. The molecule has 0 bridgehead atoms. The number of nitrogens with one attached hydrogen (secondary N) is 1. The van der Waals surface area contributed by atoms with E-state index in [1.54, 1.807) is 0 Å². The number of anilines is 1. The zero-order chi connectivity index (χ0) is 19.2. The van der Waals surface area contributed by atoms with Gasteiger partial charge in [-0.05, 0) is 36.1 Å². The van der Waals surface area contributed by atoms with Crippen molar-refractivity contribution in [2.45, 2.75) is 38.8 Å². The standard InChI is InChI=1S/C22H27N3O2.ClH/c1-16(21(23)18-9-3-2-4-10-18)22(27)24-19-11-7-8-17(14-19)15-25-13-6-5-12-20(25)26;/h2-4,7-11,14,16,21H,5-6,12-13,15,23H2,1H3,(H,24,27);1H. The fourth-order valence-electron chi connectivity index (χ4n) is 3.38. The Kier molecular flexibility index (Phi) is 8.03. The van der Waals surface area contributed by atoms with Crippen LogP contribution in [0, 0.1) is 5.92 Å². The summed E-state index contributed by atoms with van der Waals surface area (Å²) in [5.41, 5.74) is 8.95. The van der Waals surface area contributed by atoms with Gasteiger partial charge in [0, 0.05) is 31.2 Å². The molecule has 1 saturated heterocycles. The van der Waals surface area contributed by atoms with Crippen molar-refractivity contribution < 1.29 is 9.59 Å². The highest BCUT2D eigenvalue weighted by Gasteiger charge is 2.22. The van der Waals surface area contributed by atoms with Gasteiger partial charge in [-0.1, -0.05) is 49.4 Å². The highest BCUT2D eigenvalue weighted by Crippen LogP contribution is 2.22. The van der Waals surface area contributed by atoms with Gasteiger partial charge in [0.1, 0.15) is 0 Å². The van der Waals surface area contributed by atoms with Crippen molar-refractivity contribution in [3.05, 3.63) is 65.7 Å². The molecule has 2 unspecified atom stereocenters. The van der Waals surface area contributed by atoms with Gasteiger partial charge in [-0.25, -0.2) is 0 Å². The summed E-state index contributed by atoms with van der Waals surface area (Å²) in [6, 6.07) is 17.0. The Balaban J connectivity index is 0.00000280. The molecule has 5 nitrogen and oxygen atoms in total. The second-order valence-electron chi connectivity index (χ2n) is 7.19. The van der Waals surface area contributed by atoms with Crippen molar-refractivity contribution in [1.29, 1.82) is 0 Å². The number of piperidine rings is 1. The minimum Gasteiger partial charge on any atom is -0.338 e. The van der Waals surface area contributed by atoms with Gasteiger partial charge in [-0.3, -0.25) is 9.59 Å². The molecule has 2 amide bonds. The van der Waals surface area contributed by atoms with Gasteiger partial charge in [0.05, 0.1) is 5.92 Å². The number of halogens is 1. The Bertz CT molecular complexity index is 797. The summed E-state index contributed by atoms with van der Waals surface area (Å²) in [5, 5.41) is 2.96. The maximum atomic E-state index is 12.6. The number of carbonyl (C=O) groups is 2. The molecule has 0 aliphatic carbocycles. The highest BCUT2D eigenvalue weighted by molar-refractivity contribution is 5.93. The third-order valence-electron chi connectivity index (χ3n) is 5.13. The first-order chi connectivity index (χ1) is 13.0. The van der Waals surface area contributed by atoms with E-state index in [1.165, 1.54) is 0 Å². The molecule has 1 aliphatic heterocycles. The lowest BCUT2D eigenvalue weighted by Crippen LogP contribution is -2.34. The molecule has 0 saturated carbocycles. The molecule has 3 N–H and O–H groups in total. The average Bonchev–Trinajstić information content (AvgIpc) is 2.69. The van der Waals surface area contributed by atoms with E-state index in [9.17, 15) is 9.59 Å². The third kappa shape index (κ3) is 5.57. The fourth-order valence-corrected chi connectivity index (χ4v) is 3.38. The molecule has 1 aliphatic rings. The minimum absolute atomic E-state index is 0. The first-order valence-electron chi connectivity index (χ1n) is 9.52. The van der Waals surface area contributed by atoms with Crippen LogP contribution in [0.3, 0.4) is 0 Å². The number of nitrogens with two attached hydrogens (primary N) is 1. The van der Waals surface area contributed by atoms with Gasteiger partial charge in [-0.2, -0.15) is 0 Å². The molecule has 1 heterocycles. The molecule has 2 aromatic rings. The van der Waals surface area contributed by atoms with E-state index in [4.69, 9.17) is 5.73 Å². The zero-order valence-electron chi connectivity index (χ0n) is 16.1. The van der Waals surface area contributed by atoms with Gasteiger partial charge >= 0.3 is 0 Å². The lowest BCUT2D eigenvalue weighted by atomic mass is 9.94. The van der Waals surface area contributed by atoms with Gasteiger partial charge in [-0.15, -0.1) is 12.4 Å². The number of hydrogen-bond acceptors (Lipinski definition) is 3. The maximum absolute atomic E-state index is 12.6. The second-order valence-corrected chi connectivity index (χ2v) is 7.19. The van der Waals surface area contributed by atoms with Crippen LogP contribution in [-0.4, -0.2) is 23.3 Å². The third-order valence-corrected chi connectivity index (χ3v) is 5.13. The van der Waals surface area contributed by atoms with Crippen LogP contribution in [0.1, 0.15) is 43.4 Å². The van der Waals surface area contributed by atoms with Crippen molar-refractivity contribution in [2.24, 2.45) is 11.7 Å². The summed E-state index contributed by atoms with van der Waals surface area (Å²) in [4.78, 5) is 26.5. The summed E-state index contributed by atoms with van der Waals surface area (Å²) < 4.78 is 0. The van der Waals surface area contributed by atoms with Crippen molar-refractivity contribution in [1.82, 2.24) is 4.90 Å². The molecule has 150 valence electrons. The second kappa shape index (κ2) is 10.2. The van der Waals surface area contributed by atoms with E-state index >= 15 is 0 Å². The van der Waals surface area contributed by atoms with E-state index in [-0.39, 0.29) is 36.2 Å². The van der Waals surface area contributed by atoms with Crippen molar-refractivity contribution >= 4 is 29.9 Å². The van der Waals surface area contributed by atoms with E-state index in [1.807, 2.05) is 66.4 Å². The molecular weight excluding hydrogens is 374 g/mol. The van der Waals surface area contributed by atoms with Crippen LogP contribution in [0.2, 0.25) is 0 Å². The first-order valence-corrected chi connectivity index (χ1v) is 9.52. The molecule has 3 rings (SSSR count). The van der Waals surface area contributed by atoms with Crippen molar-refractivity contribution in [3.8, 4) is 0 Å². The predicted octanol–water partition coefficient (Wildman–Crippen LogP) is 3.90. The van der Waals surface area contributed by atoms with Gasteiger partial charge in [0.25, 0.3) is 0 Å². The number of nitrogens with zero attached hydrogens (tertiary/aromatic N) is 1. The van der Waals surface area contributed by atoms with Gasteiger partial charge < -0.3 is 16.0 Å². The molecule has 0 spiro atoms. The number of amides is 2. The van der Waals surface area contributed by atoms with Crippen LogP contribution >= 0.6 is 12.4 Å². The summed E-state index contributed by atoms with van der Waals surface area (Å²) in [6.45, 7) is 3.23. The molecule has 2 atom stereocenters. The van der Waals surface area contributed by atoms with E-state index < -0.39 is 0 Å². The number of benzene rings is 2. The van der Waals surface area contributed by atoms with Gasteiger partial charge in [0.15, 0.2) is 0 Å². The Hall–Kier alpha value is -2.37. The van der Waals surface area contributed by atoms with Crippen LogP contribution in [0.25, 0.3) is 0 Å². The van der Waals surface area contributed by atoms with Crippen LogP contribution in [0.5, 0.6) is 0 Å². The Morgan fingerprint density at radius 1 is 1.14 bits per heavy atom. The van der Waals surface area contributed by atoms with Crippen LogP contribution in [-0.2, 0) is 16.1 Å². The topological polar surface area (TPSA) is 75.4 Å². The van der Waals surface area contributed by atoms with Crippen LogP contribution in [0.4, 0.5) is 5.69 Å². The predicted molar refractivity (Wildman–Crippen MR) is 114 cm³/mol. The van der Waals surface area contributed by atoms with Crippen molar-refractivity contribution in [2.75, 3.05) is 11.9 Å². The Morgan fingerprint density at radius 2 is 1.89 bits per heavy atom. The molecule has 1 fully saturated rings. The maximum Gasteiger partial charge on any atom is 0.229 e. The Labute approximate surface area is 172 Å². The van der Waals surface area contributed by atoms with Crippen molar-refractivity contribution in [3.63, 3.8) is 0 Å². The highest BCUT2D eigenvalue weighted by atomic mass is 35.5. The summed E-state index contributed by atoms with van der Waals surface area (Å²) in [6.07, 6.45) is 2.66. The largest absolute Gasteiger partial charge is 0.338 e. The number of carbonyl (C=O) groups excluding carboxylic acids is 2. The Morgan fingerprint density at radius 3 is 2.61 bits per heavy atom. The monoisotopic (exact) mass is 401 g/mol. The first kappa shape index (κ1) is 21.9. The molecule has 6 heteroatoms. The number of likely N-dealkylation sites (tertiary alicyclic amines) is 1. The lowest BCUT2D eigenvalue weighted by Gasteiger charge is -2.27. The SMILES string of the molecule is CC(C(=O)Nc1cccc(CN2CCCCC2=O)c1)C(N)c1ccccc1.Cl. The average molecular weight is 402 g/mol. The van der Waals surface area contributed by atoms with E-state index in [2.05, 4.69) is 5.32 Å². The molecular formula is C22H28ClN3O2. The number of hydrogen-bond donors (Lipinski definition) is 2. The van der Waals surface area contributed by atoms with Crippen LogP contribution < -0.4 is 11.1 Å². The smallest absolute Gasteiger partial charge is 0.229 e. The normalized spacial score (nSPS) is 16.1. The lowest BCUT2D eigenvalue weighted by molar-refractivity contribution is -0.133. The zero-order valence-corrected chi connectivity index (χ0v) is 17.0. The number of rotatable bonds is 6. The van der Waals surface area contributed by atoms with E-state index in [0.29, 0.717) is 13.0 Å².